The van der Waals surface area contributed by atoms with Gasteiger partial charge in [0.2, 0.25) is 5.91 Å². The molecule has 0 aliphatic carbocycles. The van der Waals surface area contributed by atoms with Gasteiger partial charge in [-0.15, -0.1) is 0 Å². The van der Waals surface area contributed by atoms with Gasteiger partial charge in [0.25, 0.3) is 6.47 Å². The number of urea groups is 1. The van der Waals surface area contributed by atoms with Crippen LogP contribution in [0.4, 0.5) is 10.5 Å². The number of hydrogen-bond donors (Lipinski definition) is 4. The number of anilines is 1. The molecule has 0 aliphatic heterocycles. The highest BCUT2D eigenvalue weighted by atomic mass is 16.5. The fourth-order valence-corrected chi connectivity index (χ4v) is 1.97. The molecule has 126 valence electrons. The summed E-state index contributed by atoms with van der Waals surface area (Å²) in [5.74, 6) is -0.163. The molecule has 1 aromatic carbocycles. The molecule has 3 amide bonds. The molecule has 23 heavy (non-hydrogen) atoms. The maximum absolute atomic E-state index is 12.2. The zero-order valence-corrected chi connectivity index (χ0v) is 13.0. The van der Waals surface area contributed by atoms with Gasteiger partial charge >= 0.3 is 6.03 Å². The third-order valence-corrected chi connectivity index (χ3v) is 3.17. The fourth-order valence-electron chi connectivity index (χ4n) is 1.97. The second-order valence-corrected chi connectivity index (χ2v) is 4.87. The predicted molar refractivity (Wildman–Crippen MR) is 85.6 cm³/mol. The summed E-state index contributed by atoms with van der Waals surface area (Å²) in [5, 5.41) is 8.22. The minimum absolute atomic E-state index is 0.163. The van der Waals surface area contributed by atoms with Crippen LogP contribution in [0, 0.1) is 0 Å². The van der Waals surface area contributed by atoms with E-state index >= 15 is 0 Å². The fraction of sp³-hybridized carbons (Fsp3) is 0.400. The molecule has 1 atom stereocenters. The molecule has 8 heteroatoms. The van der Waals surface area contributed by atoms with E-state index in [1.54, 1.807) is 31.3 Å². The van der Waals surface area contributed by atoms with Crippen LogP contribution < -0.4 is 21.7 Å². The summed E-state index contributed by atoms with van der Waals surface area (Å²) in [5.41, 5.74) is 6.46. The van der Waals surface area contributed by atoms with E-state index in [0.717, 1.165) is 5.56 Å². The largest absolute Gasteiger partial charge is 0.463 e. The molecule has 0 heterocycles. The third-order valence-electron chi connectivity index (χ3n) is 3.17. The van der Waals surface area contributed by atoms with Gasteiger partial charge in [-0.05, 0) is 37.6 Å². The smallest absolute Gasteiger partial charge is 0.312 e. The highest BCUT2D eigenvalue weighted by Gasteiger charge is 2.16. The second-order valence-electron chi connectivity index (χ2n) is 4.87. The van der Waals surface area contributed by atoms with Crippen LogP contribution >= 0.6 is 0 Å². The summed E-state index contributed by atoms with van der Waals surface area (Å²) in [4.78, 5) is 32.9. The van der Waals surface area contributed by atoms with E-state index in [-0.39, 0.29) is 18.6 Å². The zero-order chi connectivity index (χ0) is 17.1. The van der Waals surface area contributed by atoms with Gasteiger partial charge in [0.05, 0.1) is 6.04 Å². The lowest BCUT2D eigenvalue weighted by Crippen LogP contribution is -2.39. The Labute approximate surface area is 134 Å². The molecular weight excluding hydrogens is 300 g/mol. The molecule has 0 bridgehead atoms. The van der Waals surface area contributed by atoms with Crippen LogP contribution in [0.15, 0.2) is 24.3 Å². The lowest BCUT2D eigenvalue weighted by Gasteiger charge is -2.16. The van der Waals surface area contributed by atoms with Gasteiger partial charge in [-0.25, -0.2) is 4.79 Å². The second kappa shape index (κ2) is 10.2. The Hall–Kier alpha value is -2.61. The molecule has 1 aromatic rings. The number of rotatable bonds is 10. The highest BCUT2D eigenvalue weighted by molar-refractivity contribution is 5.94. The SMILES string of the molecule is CN[C@@H](CCCNC(N)=O)C(=O)Nc1ccc(COC=O)cc1. The zero-order valence-electron chi connectivity index (χ0n) is 13.0. The first kappa shape index (κ1) is 18.4. The van der Waals surface area contributed by atoms with Gasteiger partial charge in [-0.3, -0.25) is 9.59 Å². The van der Waals surface area contributed by atoms with E-state index in [1.165, 1.54) is 0 Å². The first-order valence-electron chi connectivity index (χ1n) is 7.22. The van der Waals surface area contributed by atoms with Crippen LogP contribution in [0.3, 0.4) is 0 Å². The number of carbonyl (C=O) groups is 3. The summed E-state index contributed by atoms with van der Waals surface area (Å²) in [6, 6.07) is 6.07. The van der Waals surface area contributed by atoms with Crippen molar-refractivity contribution in [3.8, 4) is 0 Å². The Balaban J connectivity index is 2.45. The minimum Gasteiger partial charge on any atom is -0.463 e. The molecule has 0 aliphatic rings. The maximum Gasteiger partial charge on any atom is 0.312 e. The summed E-state index contributed by atoms with van der Waals surface area (Å²) in [6.45, 7) is 1.01. The summed E-state index contributed by atoms with van der Waals surface area (Å²) >= 11 is 0. The van der Waals surface area contributed by atoms with Crippen molar-refractivity contribution in [1.29, 1.82) is 0 Å². The van der Waals surface area contributed by atoms with E-state index in [2.05, 4.69) is 20.7 Å². The first-order valence-corrected chi connectivity index (χ1v) is 7.22. The molecule has 0 saturated heterocycles. The summed E-state index contributed by atoms with van der Waals surface area (Å²) in [6.07, 6.45) is 1.19. The van der Waals surface area contributed by atoms with E-state index in [4.69, 9.17) is 5.73 Å². The number of nitrogens with two attached hydrogens (primary N) is 1. The molecule has 0 aromatic heterocycles. The van der Waals surface area contributed by atoms with Crippen molar-refractivity contribution in [2.75, 3.05) is 18.9 Å². The van der Waals surface area contributed by atoms with Crippen molar-refractivity contribution in [2.45, 2.75) is 25.5 Å². The van der Waals surface area contributed by atoms with Crippen molar-refractivity contribution >= 4 is 24.1 Å². The predicted octanol–water partition coefficient (Wildman–Crippen LogP) is 0.335. The number of primary amides is 1. The Morgan fingerprint density at radius 2 is 2.00 bits per heavy atom. The van der Waals surface area contributed by atoms with Crippen LogP contribution in [-0.4, -0.2) is 38.0 Å². The Morgan fingerprint density at radius 3 is 2.57 bits per heavy atom. The highest BCUT2D eigenvalue weighted by Crippen LogP contribution is 2.11. The van der Waals surface area contributed by atoms with Crippen LogP contribution in [0.1, 0.15) is 18.4 Å². The Bertz CT molecular complexity index is 519. The van der Waals surface area contributed by atoms with Crippen LogP contribution in [0.25, 0.3) is 0 Å². The van der Waals surface area contributed by atoms with Gasteiger partial charge in [0, 0.05) is 12.2 Å². The molecule has 8 nitrogen and oxygen atoms in total. The molecule has 0 fully saturated rings. The monoisotopic (exact) mass is 322 g/mol. The lowest BCUT2D eigenvalue weighted by molar-refractivity contribution is -0.129. The van der Waals surface area contributed by atoms with E-state index < -0.39 is 6.03 Å². The first-order chi connectivity index (χ1) is 11.1. The van der Waals surface area contributed by atoms with Crippen molar-refractivity contribution in [2.24, 2.45) is 5.73 Å². The van der Waals surface area contributed by atoms with Crippen LogP contribution in [0.5, 0.6) is 0 Å². The van der Waals surface area contributed by atoms with Crippen LogP contribution in [-0.2, 0) is 20.9 Å². The number of carbonyl (C=O) groups excluding carboxylic acids is 3. The maximum atomic E-state index is 12.2. The number of benzene rings is 1. The molecule has 1 rings (SSSR count). The van der Waals surface area contributed by atoms with Gasteiger partial charge in [-0.2, -0.15) is 0 Å². The molecule has 5 N–H and O–H groups in total. The van der Waals surface area contributed by atoms with Crippen molar-refractivity contribution in [3.05, 3.63) is 29.8 Å². The molecular formula is C15H22N4O4. The Morgan fingerprint density at radius 1 is 1.30 bits per heavy atom. The summed E-state index contributed by atoms with van der Waals surface area (Å²) < 4.78 is 4.65. The van der Waals surface area contributed by atoms with Gasteiger partial charge < -0.3 is 26.4 Å². The normalized spacial score (nSPS) is 11.3. The number of nitrogens with one attached hydrogen (secondary N) is 3. The van der Waals surface area contributed by atoms with E-state index in [9.17, 15) is 14.4 Å². The topological polar surface area (TPSA) is 123 Å². The number of hydrogen-bond acceptors (Lipinski definition) is 5. The number of ether oxygens (including phenoxy) is 1. The van der Waals surface area contributed by atoms with Gasteiger partial charge in [0.1, 0.15) is 6.61 Å². The third kappa shape index (κ3) is 7.28. The molecule has 0 spiro atoms. The average molecular weight is 322 g/mol. The number of amides is 3. The van der Waals surface area contributed by atoms with E-state index in [1.807, 2.05) is 0 Å². The quantitative estimate of drug-likeness (QED) is 0.365. The van der Waals surface area contributed by atoms with Crippen molar-refractivity contribution < 1.29 is 19.1 Å². The lowest BCUT2D eigenvalue weighted by atomic mass is 10.1. The molecule has 0 unspecified atom stereocenters. The number of likely N-dealkylation sites (N-methyl/N-ethyl adjacent to an activating group) is 1. The summed E-state index contributed by atoms with van der Waals surface area (Å²) in [7, 11) is 1.70. The molecule has 0 radical (unpaired) electrons. The van der Waals surface area contributed by atoms with Crippen molar-refractivity contribution in [3.63, 3.8) is 0 Å². The minimum atomic E-state index is -0.575. The molecule has 0 saturated carbocycles. The van der Waals surface area contributed by atoms with Crippen molar-refractivity contribution in [1.82, 2.24) is 10.6 Å². The van der Waals surface area contributed by atoms with Crippen LogP contribution in [0.2, 0.25) is 0 Å². The standard InChI is InChI=1S/C15H22N4O4/c1-17-13(3-2-8-18-15(16)22)14(21)19-12-6-4-11(5-7-12)9-23-10-20/h4-7,10,13,17H,2-3,8-9H2,1H3,(H,19,21)(H3,16,18,22)/t13-/m0/s1. The van der Waals surface area contributed by atoms with Gasteiger partial charge in [-0.1, -0.05) is 12.1 Å². The van der Waals surface area contributed by atoms with E-state index in [0.29, 0.717) is 31.5 Å². The Kier molecular flexibility index (Phi) is 8.16. The van der Waals surface area contributed by atoms with Gasteiger partial charge in [0.15, 0.2) is 0 Å². The average Bonchev–Trinajstić information content (AvgIpc) is 2.54.